The van der Waals surface area contributed by atoms with Gasteiger partial charge in [0.25, 0.3) is 0 Å². The fourth-order valence-corrected chi connectivity index (χ4v) is 6.22. The van der Waals surface area contributed by atoms with Crippen molar-refractivity contribution in [3.05, 3.63) is 137 Å². The van der Waals surface area contributed by atoms with Crippen molar-refractivity contribution in [1.29, 1.82) is 0 Å². The molecule has 0 radical (unpaired) electrons. The van der Waals surface area contributed by atoms with Gasteiger partial charge in [-0.05, 0) is 66.0 Å². The van der Waals surface area contributed by atoms with Crippen molar-refractivity contribution < 1.29 is 9.47 Å². The summed E-state index contributed by atoms with van der Waals surface area (Å²) in [5.74, 6) is 1.26. The molecule has 1 aliphatic rings. The molecule has 40 heavy (non-hydrogen) atoms. The lowest BCUT2D eigenvalue weighted by molar-refractivity contribution is 0.104. The van der Waals surface area contributed by atoms with Gasteiger partial charge in [0.1, 0.15) is 12.4 Å². The summed E-state index contributed by atoms with van der Waals surface area (Å²) in [6.07, 6.45) is 5.48. The van der Waals surface area contributed by atoms with E-state index in [2.05, 4.69) is 59.6 Å². The molecule has 0 saturated heterocycles. The second kappa shape index (κ2) is 11.7. The molecule has 2 N–H and O–H groups in total. The topological polar surface area (TPSA) is 57.4 Å². The number of halogens is 1. The van der Waals surface area contributed by atoms with Crippen molar-refractivity contribution >= 4 is 22.4 Å². The Morgan fingerprint density at radius 2 is 1.50 bits per heavy atom. The van der Waals surface area contributed by atoms with Gasteiger partial charge in [0, 0.05) is 23.0 Å². The number of ether oxygens (including phenoxy) is 2. The van der Waals surface area contributed by atoms with Crippen LogP contribution in [0.5, 0.6) is 11.6 Å². The third-order valence-electron chi connectivity index (χ3n) is 8.22. The molecule has 1 heterocycles. The van der Waals surface area contributed by atoms with Gasteiger partial charge < -0.3 is 15.2 Å². The van der Waals surface area contributed by atoms with E-state index in [1.54, 1.807) is 6.20 Å². The van der Waals surface area contributed by atoms with Gasteiger partial charge in [-0.2, -0.15) is 0 Å². The molecule has 5 heteroatoms. The van der Waals surface area contributed by atoms with Crippen LogP contribution in [0, 0.1) is 0 Å². The van der Waals surface area contributed by atoms with Crippen LogP contribution >= 0.6 is 11.6 Å². The van der Waals surface area contributed by atoms with E-state index in [1.807, 2.05) is 54.6 Å². The Morgan fingerprint density at radius 1 is 0.850 bits per heavy atom. The average molecular weight is 549 g/mol. The molecule has 6 rings (SSSR count). The number of aromatic nitrogens is 1. The second-order valence-electron chi connectivity index (χ2n) is 10.6. The van der Waals surface area contributed by atoms with Crippen molar-refractivity contribution in [3.63, 3.8) is 0 Å². The summed E-state index contributed by atoms with van der Waals surface area (Å²) in [6, 6.07) is 37.0. The molecule has 0 aliphatic heterocycles. The van der Waals surface area contributed by atoms with Crippen molar-refractivity contribution in [2.24, 2.45) is 5.73 Å². The minimum atomic E-state index is -0.147. The maximum absolute atomic E-state index is 7.02. The van der Waals surface area contributed by atoms with Gasteiger partial charge in [-0.25, -0.2) is 4.98 Å². The van der Waals surface area contributed by atoms with Crippen LogP contribution in [0.3, 0.4) is 0 Å². The zero-order chi connectivity index (χ0) is 27.4. The number of nitrogens with two attached hydrogens (primary N) is 1. The van der Waals surface area contributed by atoms with Crippen molar-refractivity contribution in [2.75, 3.05) is 0 Å². The summed E-state index contributed by atoms with van der Waals surface area (Å²) < 4.78 is 12.6. The smallest absolute Gasteiger partial charge is 0.221 e. The molecule has 1 saturated carbocycles. The van der Waals surface area contributed by atoms with Crippen LogP contribution < -0.4 is 15.2 Å². The Kier molecular flexibility index (Phi) is 7.72. The minimum Gasteiger partial charge on any atom is -0.489 e. The molecule has 1 atom stereocenters. The third-order valence-corrected chi connectivity index (χ3v) is 8.52. The summed E-state index contributed by atoms with van der Waals surface area (Å²) in [5, 5.41) is 2.42. The average Bonchev–Trinajstić information content (AvgIpc) is 3.02. The first kappa shape index (κ1) is 26.4. The quantitative estimate of drug-likeness (QED) is 0.211. The van der Waals surface area contributed by atoms with Crippen LogP contribution in [0.2, 0.25) is 5.02 Å². The first-order valence-corrected chi connectivity index (χ1v) is 14.3. The number of rotatable bonds is 8. The monoisotopic (exact) mass is 548 g/mol. The zero-order valence-corrected chi connectivity index (χ0v) is 23.1. The normalized spacial score (nSPS) is 19.7. The molecule has 1 unspecified atom stereocenters. The summed E-state index contributed by atoms with van der Waals surface area (Å²) in [7, 11) is 0. The predicted molar refractivity (Wildman–Crippen MR) is 162 cm³/mol. The fraction of sp³-hybridized carbons (Fsp3) is 0.229. The van der Waals surface area contributed by atoms with Crippen LogP contribution in [0.15, 0.2) is 115 Å². The van der Waals surface area contributed by atoms with Crippen molar-refractivity contribution in [1.82, 2.24) is 4.98 Å². The van der Waals surface area contributed by atoms with E-state index in [4.69, 9.17) is 26.8 Å². The molecular weight excluding hydrogens is 516 g/mol. The van der Waals surface area contributed by atoms with E-state index in [0.29, 0.717) is 23.3 Å². The Morgan fingerprint density at radius 3 is 2.20 bits per heavy atom. The summed E-state index contributed by atoms with van der Waals surface area (Å²) in [6.45, 7) is 0.444. The van der Waals surface area contributed by atoms with Gasteiger partial charge in [0.05, 0.1) is 11.1 Å². The van der Waals surface area contributed by atoms with Gasteiger partial charge in [0.15, 0.2) is 0 Å². The van der Waals surface area contributed by atoms with E-state index >= 15 is 0 Å². The molecule has 202 valence electrons. The lowest BCUT2D eigenvalue weighted by atomic mass is 9.63. The van der Waals surface area contributed by atoms with E-state index in [1.165, 1.54) is 11.1 Å². The summed E-state index contributed by atoms with van der Waals surface area (Å²) in [5.41, 5.74) is 10.4. The number of benzene rings is 4. The highest BCUT2D eigenvalue weighted by Crippen LogP contribution is 2.48. The molecule has 1 fully saturated rings. The Balaban J connectivity index is 1.20. The molecule has 0 spiro atoms. The number of pyridine rings is 1. The molecule has 4 nitrogen and oxygen atoms in total. The number of hydrogen-bond donors (Lipinski definition) is 1. The molecule has 1 aromatic heterocycles. The van der Waals surface area contributed by atoms with Crippen molar-refractivity contribution in [3.8, 4) is 11.6 Å². The fourth-order valence-electron chi connectivity index (χ4n) is 6.01. The molecule has 1 aliphatic carbocycles. The number of hydrogen-bond acceptors (Lipinski definition) is 4. The maximum atomic E-state index is 7.02. The Hall–Kier alpha value is -3.86. The molecule has 0 amide bonds. The summed E-state index contributed by atoms with van der Waals surface area (Å²) in [4.78, 5) is 4.46. The van der Waals surface area contributed by atoms with Crippen LogP contribution in [0.1, 0.15) is 48.4 Å². The van der Waals surface area contributed by atoms with E-state index in [-0.39, 0.29) is 17.6 Å². The maximum Gasteiger partial charge on any atom is 0.221 e. The van der Waals surface area contributed by atoms with Gasteiger partial charge >= 0.3 is 0 Å². The minimum absolute atomic E-state index is 0.0606. The molecule has 0 bridgehead atoms. The zero-order valence-electron chi connectivity index (χ0n) is 22.4. The number of fused-ring (bicyclic) bond motifs is 1. The van der Waals surface area contributed by atoms with Crippen LogP contribution in [0.4, 0.5) is 0 Å². The van der Waals surface area contributed by atoms with Gasteiger partial charge in [0.2, 0.25) is 5.88 Å². The predicted octanol–water partition coefficient (Wildman–Crippen LogP) is 8.43. The molecule has 5 aromatic rings. The Labute approximate surface area is 240 Å². The first-order chi connectivity index (χ1) is 19.6. The Bertz CT molecular complexity index is 1550. The third kappa shape index (κ3) is 5.42. The van der Waals surface area contributed by atoms with Gasteiger partial charge in [-0.15, -0.1) is 0 Å². The van der Waals surface area contributed by atoms with Gasteiger partial charge in [-0.1, -0.05) is 103 Å². The van der Waals surface area contributed by atoms with Crippen LogP contribution in [0.25, 0.3) is 10.8 Å². The lowest BCUT2D eigenvalue weighted by Crippen LogP contribution is -2.43. The van der Waals surface area contributed by atoms with E-state index < -0.39 is 0 Å². The highest BCUT2D eigenvalue weighted by molar-refractivity contribution is 6.33. The van der Waals surface area contributed by atoms with Gasteiger partial charge in [-0.3, -0.25) is 0 Å². The van der Waals surface area contributed by atoms with Crippen LogP contribution in [-0.2, 0) is 12.0 Å². The standard InChI is InChI=1S/C35H33ClN2O2/c36-31-23-30-27(18-21-38-34(30)39-24-25-10-4-1-5-11-25)22-32(31)40-29-16-19-35(20-17-29,28-14-8-3-9-15-28)33(37)26-12-6-2-7-13-26/h1-15,18,21-23,29,33H,16-17,19-20,24,37H2. The number of nitrogens with zero attached hydrogens (tertiary/aromatic N) is 1. The van der Waals surface area contributed by atoms with Crippen molar-refractivity contribution in [2.45, 2.75) is 49.9 Å². The first-order valence-electron chi connectivity index (χ1n) is 13.9. The highest BCUT2D eigenvalue weighted by Gasteiger charge is 2.43. The van der Waals surface area contributed by atoms with E-state index in [9.17, 15) is 0 Å². The molecule has 4 aromatic carbocycles. The van der Waals surface area contributed by atoms with E-state index in [0.717, 1.165) is 42.0 Å². The molecular formula is C35H33ClN2O2. The second-order valence-corrected chi connectivity index (χ2v) is 11.0. The highest BCUT2D eigenvalue weighted by atomic mass is 35.5. The summed E-state index contributed by atoms with van der Waals surface area (Å²) >= 11 is 6.77. The largest absolute Gasteiger partial charge is 0.489 e. The lowest BCUT2D eigenvalue weighted by Gasteiger charge is -2.45. The van der Waals surface area contributed by atoms with Crippen LogP contribution in [-0.4, -0.2) is 11.1 Å². The SMILES string of the molecule is NC(c1ccccc1)C1(c2ccccc2)CCC(Oc2cc3ccnc(OCc4ccccc4)c3cc2Cl)CC1.